The predicted molar refractivity (Wildman–Crippen MR) is 92.0 cm³/mol. The third-order valence-corrected chi connectivity index (χ3v) is 7.56. The van der Waals surface area contributed by atoms with E-state index in [4.69, 9.17) is 23.2 Å². The van der Waals surface area contributed by atoms with Gasteiger partial charge in [0.15, 0.2) is 9.84 Å². The Labute approximate surface area is 144 Å². The second kappa shape index (κ2) is 7.62. The number of hydrogen-bond donors (Lipinski definition) is 0. The fraction of sp³-hybridized carbons (Fsp3) is 0.571. The highest BCUT2D eigenvalue weighted by atomic mass is 35.5. The largest absolute Gasteiger partial charge is 0.301 e. The van der Waals surface area contributed by atoms with Gasteiger partial charge in [-0.25, -0.2) is 8.42 Å². The van der Waals surface area contributed by atoms with E-state index in [1.54, 1.807) is 6.07 Å². The number of rotatable bonds is 4. The summed E-state index contributed by atoms with van der Waals surface area (Å²) in [7, 11) is -4.30. The van der Waals surface area contributed by atoms with Crippen molar-refractivity contribution < 1.29 is 12.6 Å². The molecule has 22 heavy (non-hydrogen) atoms. The molecule has 1 aliphatic rings. The lowest BCUT2D eigenvalue weighted by Crippen LogP contribution is -2.33. The molecule has 0 bridgehead atoms. The fourth-order valence-electron chi connectivity index (χ4n) is 2.49. The predicted octanol–water partition coefficient (Wildman–Crippen LogP) is 2.47. The third-order valence-electron chi connectivity index (χ3n) is 3.58. The summed E-state index contributed by atoms with van der Waals surface area (Å²) in [5.74, 6) is 1.57. The van der Waals surface area contributed by atoms with E-state index in [0.29, 0.717) is 35.5 Å². The maximum Gasteiger partial charge on any atom is 0.181 e. The van der Waals surface area contributed by atoms with E-state index in [1.807, 2.05) is 6.92 Å². The first kappa shape index (κ1) is 18.2. The molecule has 0 N–H and O–H groups in total. The molecule has 2 atom stereocenters. The van der Waals surface area contributed by atoms with Gasteiger partial charge in [-0.3, -0.25) is 4.21 Å². The van der Waals surface area contributed by atoms with Crippen molar-refractivity contribution in [2.24, 2.45) is 5.92 Å². The van der Waals surface area contributed by atoms with Gasteiger partial charge in [-0.15, -0.1) is 0 Å². The highest BCUT2D eigenvalue weighted by molar-refractivity contribution is 7.91. The normalized spacial score (nSPS) is 24.1. The Morgan fingerprint density at radius 2 is 2.09 bits per heavy atom. The van der Waals surface area contributed by atoms with E-state index in [-0.39, 0.29) is 15.7 Å². The van der Waals surface area contributed by atoms with E-state index in [9.17, 15) is 12.6 Å². The maximum absolute atomic E-state index is 12.4. The van der Waals surface area contributed by atoms with Crippen LogP contribution in [0, 0.1) is 5.92 Å². The van der Waals surface area contributed by atoms with Crippen LogP contribution in [0.3, 0.4) is 0 Å². The van der Waals surface area contributed by atoms with Crippen molar-refractivity contribution in [3.8, 4) is 0 Å². The Bertz CT molecular complexity index is 664. The van der Waals surface area contributed by atoms with Crippen molar-refractivity contribution in [3.05, 3.63) is 28.2 Å². The molecule has 1 aromatic rings. The number of hydrogen-bond acceptors (Lipinski definition) is 4. The summed E-state index contributed by atoms with van der Waals surface area (Å²) in [5, 5.41) is 0.538. The Kier molecular flexibility index (Phi) is 6.30. The standard InChI is InChI=1S/C14H19Cl2NO3S2/c1-11-9-17(4-6-21(18)10-11)5-7-22(19,20)14-8-12(15)2-3-13(14)16/h2-3,8,11H,4-7,9-10H2,1H3. The average Bonchev–Trinajstić information content (AvgIpc) is 2.60. The molecule has 0 aromatic heterocycles. The van der Waals surface area contributed by atoms with Crippen molar-refractivity contribution in [1.82, 2.24) is 4.90 Å². The van der Waals surface area contributed by atoms with Crippen LogP contribution in [0.25, 0.3) is 0 Å². The summed E-state index contributed by atoms with van der Waals surface area (Å²) < 4.78 is 36.6. The summed E-state index contributed by atoms with van der Waals surface area (Å²) in [4.78, 5) is 2.14. The summed E-state index contributed by atoms with van der Waals surface area (Å²) in [5.41, 5.74) is 0. The molecule has 4 nitrogen and oxygen atoms in total. The van der Waals surface area contributed by atoms with E-state index in [1.165, 1.54) is 12.1 Å². The van der Waals surface area contributed by atoms with Crippen LogP contribution in [0.15, 0.2) is 23.1 Å². The van der Waals surface area contributed by atoms with Gasteiger partial charge in [0, 0.05) is 47.0 Å². The van der Waals surface area contributed by atoms with E-state index < -0.39 is 20.6 Å². The van der Waals surface area contributed by atoms with Crippen LogP contribution in [0.1, 0.15) is 6.92 Å². The van der Waals surface area contributed by atoms with Crippen LogP contribution >= 0.6 is 23.2 Å². The third kappa shape index (κ3) is 4.93. The zero-order valence-electron chi connectivity index (χ0n) is 12.3. The van der Waals surface area contributed by atoms with Crippen LogP contribution < -0.4 is 0 Å². The molecular formula is C14H19Cl2NO3S2. The average molecular weight is 384 g/mol. The summed E-state index contributed by atoms with van der Waals surface area (Å²) >= 11 is 11.8. The smallest absolute Gasteiger partial charge is 0.181 e. The van der Waals surface area contributed by atoms with Crippen LogP contribution in [-0.2, 0) is 20.6 Å². The Morgan fingerprint density at radius 1 is 1.36 bits per heavy atom. The number of sulfone groups is 1. The second-order valence-electron chi connectivity index (χ2n) is 5.61. The molecule has 1 aliphatic heterocycles. The minimum Gasteiger partial charge on any atom is -0.301 e. The van der Waals surface area contributed by atoms with Gasteiger partial charge in [0.05, 0.1) is 15.7 Å². The first-order valence-corrected chi connectivity index (χ1v) is 10.9. The van der Waals surface area contributed by atoms with Crippen molar-refractivity contribution in [1.29, 1.82) is 0 Å². The van der Waals surface area contributed by atoms with E-state index in [0.717, 1.165) is 6.54 Å². The molecule has 0 saturated carbocycles. The molecule has 1 aromatic carbocycles. The molecule has 0 aliphatic carbocycles. The quantitative estimate of drug-likeness (QED) is 0.800. The lowest BCUT2D eigenvalue weighted by atomic mass is 10.2. The van der Waals surface area contributed by atoms with Crippen LogP contribution in [-0.4, -0.2) is 54.4 Å². The minimum absolute atomic E-state index is 0.0214. The Hall–Kier alpha value is -0.140. The number of nitrogens with zero attached hydrogens (tertiary/aromatic N) is 1. The maximum atomic E-state index is 12.4. The van der Waals surface area contributed by atoms with Crippen molar-refractivity contribution in [2.45, 2.75) is 11.8 Å². The first-order chi connectivity index (χ1) is 10.3. The Balaban J connectivity index is 2.06. The monoisotopic (exact) mass is 383 g/mol. The summed E-state index contributed by atoms with van der Waals surface area (Å²) in [6, 6.07) is 4.45. The van der Waals surface area contributed by atoms with Crippen molar-refractivity contribution >= 4 is 43.8 Å². The molecule has 0 spiro atoms. The lowest BCUT2D eigenvalue weighted by molar-refractivity contribution is 0.279. The summed E-state index contributed by atoms with van der Waals surface area (Å²) in [6.45, 7) is 3.88. The van der Waals surface area contributed by atoms with Gasteiger partial charge in [0.2, 0.25) is 0 Å². The number of benzene rings is 1. The SMILES string of the molecule is CC1CN(CCS(=O)(=O)c2cc(Cl)ccc2Cl)CCS(=O)C1. The molecule has 8 heteroatoms. The van der Waals surface area contributed by atoms with Gasteiger partial charge in [-0.1, -0.05) is 30.1 Å². The van der Waals surface area contributed by atoms with Crippen molar-refractivity contribution in [2.75, 3.05) is 36.9 Å². The molecule has 0 amide bonds. The van der Waals surface area contributed by atoms with E-state index in [2.05, 4.69) is 4.90 Å². The number of halogens is 2. The zero-order chi connectivity index (χ0) is 16.3. The van der Waals surface area contributed by atoms with Gasteiger partial charge in [0.25, 0.3) is 0 Å². The van der Waals surface area contributed by atoms with Gasteiger partial charge in [0.1, 0.15) is 0 Å². The summed E-state index contributed by atoms with van der Waals surface area (Å²) in [6.07, 6.45) is 0. The molecule has 1 saturated heterocycles. The van der Waals surface area contributed by atoms with Crippen LogP contribution in [0.2, 0.25) is 10.0 Å². The van der Waals surface area contributed by atoms with Crippen molar-refractivity contribution in [3.63, 3.8) is 0 Å². The van der Waals surface area contributed by atoms with Gasteiger partial charge in [-0.05, 0) is 24.1 Å². The minimum atomic E-state index is -3.49. The van der Waals surface area contributed by atoms with Crippen LogP contribution in [0.5, 0.6) is 0 Å². The Morgan fingerprint density at radius 3 is 2.82 bits per heavy atom. The van der Waals surface area contributed by atoms with Crippen LogP contribution in [0.4, 0.5) is 0 Å². The molecule has 0 radical (unpaired) electrons. The molecule has 2 unspecified atom stereocenters. The second-order valence-corrected chi connectivity index (χ2v) is 10.2. The lowest BCUT2D eigenvalue weighted by Gasteiger charge is -2.21. The molecule has 2 rings (SSSR count). The van der Waals surface area contributed by atoms with Gasteiger partial charge < -0.3 is 4.90 Å². The highest BCUT2D eigenvalue weighted by Crippen LogP contribution is 2.26. The molecular weight excluding hydrogens is 365 g/mol. The molecule has 1 heterocycles. The van der Waals surface area contributed by atoms with E-state index >= 15 is 0 Å². The first-order valence-electron chi connectivity index (χ1n) is 7.03. The molecule has 1 fully saturated rings. The zero-order valence-corrected chi connectivity index (χ0v) is 15.4. The van der Waals surface area contributed by atoms with Gasteiger partial charge in [-0.2, -0.15) is 0 Å². The molecule has 124 valence electrons. The fourth-order valence-corrected chi connectivity index (χ4v) is 5.96. The topological polar surface area (TPSA) is 54.5 Å². The van der Waals surface area contributed by atoms with Gasteiger partial charge >= 0.3 is 0 Å². The highest BCUT2D eigenvalue weighted by Gasteiger charge is 2.23.